The van der Waals surface area contributed by atoms with E-state index < -0.39 is 0 Å². The molecule has 1 amide bonds. The Hall–Kier alpha value is -2.37. The Balaban J connectivity index is 1.70. The molecule has 152 valence electrons. The summed E-state index contributed by atoms with van der Waals surface area (Å²) in [7, 11) is 0. The minimum absolute atomic E-state index is 0.0318. The molecule has 0 saturated heterocycles. The van der Waals surface area contributed by atoms with E-state index in [0.29, 0.717) is 6.54 Å². The zero-order valence-electron chi connectivity index (χ0n) is 17.3. The van der Waals surface area contributed by atoms with E-state index in [4.69, 9.17) is 0 Å². The lowest BCUT2D eigenvalue weighted by molar-refractivity contribution is -0.123. The van der Waals surface area contributed by atoms with Gasteiger partial charge in [0.15, 0.2) is 0 Å². The number of aromatic nitrogens is 3. The third-order valence-electron chi connectivity index (χ3n) is 5.44. The Bertz CT molecular complexity index is 848. The topological polar surface area (TPSA) is 68.9 Å². The standard InChI is InChI=1S/C22H32N4O2/c1-4-8-17-10-12-18(13-11-17)21(16(2)3)23-20(27)15-26-22(28)25-14-7-5-6-9-19(25)24-26/h10-13,16,21H,4-9,14-15H2,1-3H3,(H,23,27). The van der Waals surface area contributed by atoms with E-state index in [2.05, 4.69) is 55.5 Å². The fourth-order valence-corrected chi connectivity index (χ4v) is 3.90. The average Bonchev–Trinajstić information content (AvgIpc) is 2.84. The maximum Gasteiger partial charge on any atom is 0.346 e. The minimum Gasteiger partial charge on any atom is -0.347 e. The molecule has 2 aromatic rings. The summed E-state index contributed by atoms with van der Waals surface area (Å²) >= 11 is 0. The van der Waals surface area contributed by atoms with Crippen LogP contribution in [0.25, 0.3) is 0 Å². The van der Waals surface area contributed by atoms with Gasteiger partial charge in [0, 0.05) is 13.0 Å². The average molecular weight is 385 g/mol. The largest absolute Gasteiger partial charge is 0.347 e. The SMILES string of the molecule is CCCc1ccc(C(NC(=O)Cn2nc3n(c2=O)CCCCC3)C(C)C)cc1. The molecule has 0 saturated carbocycles. The van der Waals surface area contributed by atoms with Gasteiger partial charge in [0.2, 0.25) is 5.91 Å². The Morgan fingerprint density at radius 1 is 1.18 bits per heavy atom. The highest BCUT2D eigenvalue weighted by Gasteiger charge is 2.21. The second-order valence-corrected chi connectivity index (χ2v) is 8.10. The predicted octanol–water partition coefficient (Wildman–Crippen LogP) is 3.24. The summed E-state index contributed by atoms with van der Waals surface area (Å²) in [6.07, 6.45) is 6.15. The maximum absolute atomic E-state index is 12.7. The molecular weight excluding hydrogens is 352 g/mol. The van der Waals surface area contributed by atoms with Crippen molar-refractivity contribution in [2.45, 2.75) is 78.4 Å². The van der Waals surface area contributed by atoms with Crippen LogP contribution < -0.4 is 11.0 Å². The molecule has 0 aliphatic carbocycles. The number of nitrogens with zero attached hydrogens (tertiary/aromatic N) is 3. The highest BCUT2D eigenvalue weighted by Crippen LogP contribution is 2.22. The first kappa shape index (κ1) is 20.4. The van der Waals surface area contributed by atoms with Gasteiger partial charge in [-0.1, -0.05) is 57.9 Å². The van der Waals surface area contributed by atoms with Gasteiger partial charge in [-0.15, -0.1) is 0 Å². The number of hydrogen-bond acceptors (Lipinski definition) is 3. The van der Waals surface area contributed by atoms with E-state index in [-0.39, 0.29) is 30.1 Å². The first-order valence-electron chi connectivity index (χ1n) is 10.5. The van der Waals surface area contributed by atoms with E-state index in [0.717, 1.165) is 49.9 Å². The molecule has 1 aromatic heterocycles. The first-order chi connectivity index (χ1) is 13.5. The third-order valence-corrected chi connectivity index (χ3v) is 5.44. The second kappa shape index (κ2) is 9.22. The molecule has 6 heteroatoms. The summed E-state index contributed by atoms with van der Waals surface area (Å²) < 4.78 is 3.05. The van der Waals surface area contributed by atoms with Crippen LogP contribution >= 0.6 is 0 Å². The van der Waals surface area contributed by atoms with Crippen LogP contribution in [0.3, 0.4) is 0 Å². The van der Waals surface area contributed by atoms with Gasteiger partial charge in [0.25, 0.3) is 0 Å². The lowest BCUT2D eigenvalue weighted by Crippen LogP contribution is -2.37. The van der Waals surface area contributed by atoms with Crippen LogP contribution in [0.4, 0.5) is 0 Å². The summed E-state index contributed by atoms with van der Waals surface area (Å²) in [5.74, 6) is 0.880. The number of amides is 1. The quantitative estimate of drug-likeness (QED) is 0.797. The summed E-state index contributed by atoms with van der Waals surface area (Å²) in [5, 5.41) is 7.52. The number of benzene rings is 1. The van der Waals surface area contributed by atoms with Crippen molar-refractivity contribution >= 4 is 5.91 Å². The van der Waals surface area contributed by atoms with Gasteiger partial charge in [-0.3, -0.25) is 9.36 Å². The van der Waals surface area contributed by atoms with Crippen molar-refractivity contribution in [3.63, 3.8) is 0 Å². The molecule has 0 spiro atoms. The number of hydrogen-bond donors (Lipinski definition) is 1. The zero-order valence-corrected chi connectivity index (χ0v) is 17.3. The Kier molecular flexibility index (Phi) is 6.70. The fraction of sp³-hybridized carbons (Fsp3) is 0.591. The van der Waals surface area contributed by atoms with Crippen LogP contribution in [0.15, 0.2) is 29.1 Å². The second-order valence-electron chi connectivity index (χ2n) is 8.10. The lowest BCUT2D eigenvalue weighted by Gasteiger charge is -2.23. The van der Waals surface area contributed by atoms with E-state index in [1.807, 2.05) is 0 Å². The molecule has 1 unspecified atom stereocenters. The van der Waals surface area contributed by atoms with Crippen LogP contribution in [0.1, 0.15) is 69.4 Å². The molecule has 1 aromatic carbocycles. The highest BCUT2D eigenvalue weighted by atomic mass is 16.2. The molecule has 28 heavy (non-hydrogen) atoms. The van der Waals surface area contributed by atoms with Crippen LogP contribution in [0.2, 0.25) is 0 Å². The molecule has 1 aliphatic heterocycles. The number of carbonyl (C=O) groups excluding carboxylic acids is 1. The highest BCUT2D eigenvalue weighted by molar-refractivity contribution is 5.76. The van der Waals surface area contributed by atoms with Crippen molar-refractivity contribution in [1.29, 1.82) is 0 Å². The van der Waals surface area contributed by atoms with E-state index in [9.17, 15) is 9.59 Å². The molecule has 0 bridgehead atoms. The zero-order chi connectivity index (χ0) is 20.1. The number of carbonyl (C=O) groups is 1. The minimum atomic E-state index is -0.174. The van der Waals surface area contributed by atoms with Crippen LogP contribution in [0, 0.1) is 5.92 Å². The van der Waals surface area contributed by atoms with Crippen molar-refractivity contribution in [2.24, 2.45) is 5.92 Å². The van der Waals surface area contributed by atoms with Crippen molar-refractivity contribution in [3.05, 3.63) is 51.7 Å². The molecule has 1 N–H and O–H groups in total. The molecule has 2 heterocycles. The predicted molar refractivity (Wildman–Crippen MR) is 110 cm³/mol. The Morgan fingerprint density at radius 2 is 1.93 bits per heavy atom. The lowest BCUT2D eigenvalue weighted by atomic mass is 9.94. The summed E-state index contributed by atoms with van der Waals surface area (Å²) in [4.78, 5) is 25.3. The maximum atomic E-state index is 12.7. The summed E-state index contributed by atoms with van der Waals surface area (Å²) in [6, 6.07) is 8.38. The fourth-order valence-electron chi connectivity index (χ4n) is 3.90. The molecular formula is C22H32N4O2. The molecule has 0 radical (unpaired) electrons. The van der Waals surface area contributed by atoms with E-state index >= 15 is 0 Å². The molecule has 1 aliphatic rings. The van der Waals surface area contributed by atoms with Crippen molar-refractivity contribution in [3.8, 4) is 0 Å². The third kappa shape index (κ3) is 4.72. The van der Waals surface area contributed by atoms with Crippen molar-refractivity contribution in [2.75, 3.05) is 0 Å². The van der Waals surface area contributed by atoms with Gasteiger partial charge in [-0.05, 0) is 36.3 Å². The molecule has 0 fully saturated rings. The number of rotatable bonds is 7. The molecule has 1 atom stereocenters. The van der Waals surface area contributed by atoms with Crippen molar-refractivity contribution < 1.29 is 4.79 Å². The van der Waals surface area contributed by atoms with E-state index in [1.54, 1.807) is 4.57 Å². The van der Waals surface area contributed by atoms with Gasteiger partial charge in [-0.25, -0.2) is 9.48 Å². The normalized spacial score (nSPS) is 15.1. The number of fused-ring (bicyclic) bond motifs is 1. The van der Waals surface area contributed by atoms with E-state index in [1.165, 1.54) is 10.2 Å². The summed E-state index contributed by atoms with van der Waals surface area (Å²) in [6.45, 7) is 7.03. The summed E-state index contributed by atoms with van der Waals surface area (Å²) in [5.41, 5.74) is 2.24. The smallest absolute Gasteiger partial charge is 0.346 e. The van der Waals surface area contributed by atoms with Crippen LogP contribution in [0.5, 0.6) is 0 Å². The van der Waals surface area contributed by atoms with Gasteiger partial charge in [0.1, 0.15) is 12.4 Å². The van der Waals surface area contributed by atoms with Gasteiger partial charge in [0.05, 0.1) is 6.04 Å². The molecule has 6 nitrogen and oxygen atoms in total. The van der Waals surface area contributed by atoms with Crippen LogP contribution in [-0.4, -0.2) is 20.3 Å². The van der Waals surface area contributed by atoms with Gasteiger partial charge in [-0.2, -0.15) is 5.10 Å². The Morgan fingerprint density at radius 3 is 2.61 bits per heavy atom. The number of aryl methyl sites for hydroxylation is 2. The van der Waals surface area contributed by atoms with Crippen LogP contribution in [-0.2, 0) is 30.7 Å². The first-order valence-corrected chi connectivity index (χ1v) is 10.5. The Labute approximate surface area is 167 Å². The van der Waals surface area contributed by atoms with Gasteiger partial charge >= 0.3 is 5.69 Å². The number of nitrogens with one attached hydrogen (secondary N) is 1. The molecule has 3 rings (SSSR count). The van der Waals surface area contributed by atoms with Gasteiger partial charge < -0.3 is 5.32 Å². The van der Waals surface area contributed by atoms with Crippen molar-refractivity contribution in [1.82, 2.24) is 19.7 Å². The monoisotopic (exact) mass is 384 g/mol.